The van der Waals surface area contributed by atoms with Crippen molar-refractivity contribution in [3.05, 3.63) is 35.4 Å². The maximum absolute atomic E-state index is 11.5. The summed E-state index contributed by atoms with van der Waals surface area (Å²) in [5.74, 6) is 0.884. The number of fused-ring (bicyclic) bond motifs is 1. The molecule has 1 heterocycles. The van der Waals surface area contributed by atoms with Gasteiger partial charge in [0.15, 0.2) is 5.78 Å². The van der Waals surface area contributed by atoms with Gasteiger partial charge < -0.3 is 10.1 Å². The van der Waals surface area contributed by atoms with Crippen molar-refractivity contribution < 1.29 is 9.53 Å². The molecule has 0 saturated carbocycles. The Kier molecular flexibility index (Phi) is 3.37. The van der Waals surface area contributed by atoms with E-state index in [-0.39, 0.29) is 5.78 Å². The van der Waals surface area contributed by atoms with Crippen LogP contribution in [0.15, 0.2) is 24.3 Å². The second-order valence-corrected chi connectivity index (χ2v) is 3.74. The fraction of sp³-hybridized carbons (Fsp3) is 0.308. The Balaban J connectivity index is 2.22. The van der Waals surface area contributed by atoms with E-state index in [0.717, 1.165) is 12.1 Å². The van der Waals surface area contributed by atoms with Crippen LogP contribution in [0.1, 0.15) is 22.3 Å². The van der Waals surface area contributed by atoms with Crippen LogP contribution < -0.4 is 10.1 Å². The SMILES string of the molecule is CNCC=Cc1ccc2c(c1)OCCC2=O. The molecule has 0 amide bonds. The van der Waals surface area contributed by atoms with Crippen molar-refractivity contribution in [3.63, 3.8) is 0 Å². The lowest BCUT2D eigenvalue weighted by Gasteiger charge is -2.16. The van der Waals surface area contributed by atoms with Crippen LogP contribution in [0.25, 0.3) is 6.08 Å². The molecule has 16 heavy (non-hydrogen) atoms. The highest BCUT2D eigenvalue weighted by molar-refractivity contribution is 5.99. The summed E-state index contributed by atoms with van der Waals surface area (Å²) in [7, 11) is 1.90. The summed E-state index contributed by atoms with van der Waals surface area (Å²) < 4.78 is 5.47. The van der Waals surface area contributed by atoms with E-state index in [9.17, 15) is 4.79 Å². The number of likely N-dealkylation sites (N-methyl/N-ethyl adjacent to an activating group) is 1. The lowest BCUT2D eigenvalue weighted by atomic mass is 10.0. The number of nitrogens with one attached hydrogen (secondary N) is 1. The van der Waals surface area contributed by atoms with Gasteiger partial charge >= 0.3 is 0 Å². The fourth-order valence-corrected chi connectivity index (χ4v) is 1.69. The van der Waals surface area contributed by atoms with Gasteiger partial charge in [-0.1, -0.05) is 18.2 Å². The van der Waals surface area contributed by atoms with Gasteiger partial charge in [-0.05, 0) is 24.7 Å². The minimum atomic E-state index is 0.173. The zero-order valence-electron chi connectivity index (χ0n) is 9.32. The molecule has 0 fully saturated rings. The topological polar surface area (TPSA) is 38.3 Å². The number of ketones is 1. The van der Waals surface area contributed by atoms with Crippen molar-refractivity contribution in [2.24, 2.45) is 0 Å². The van der Waals surface area contributed by atoms with Gasteiger partial charge in [-0.2, -0.15) is 0 Å². The largest absolute Gasteiger partial charge is 0.492 e. The molecule has 0 spiro atoms. The van der Waals surface area contributed by atoms with Crippen LogP contribution in [0.3, 0.4) is 0 Å². The molecule has 0 aliphatic carbocycles. The first-order valence-corrected chi connectivity index (χ1v) is 5.42. The highest BCUT2D eigenvalue weighted by atomic mass is 16.5. The summed E-state index contributed by atoms with van der Waals surface area (Å²) in [6.45, 7) is 1.33. The number of benzene rings is 1. The number of carbonyl (C=O) groups is 1. The Hall–Kier alpha value is -1.61. The number of rotatable bonds is 3. The monoisotopic (exact) mass is 217 g/mol. The van der Waals surface area contributed by atoms with Crippen molar-refractivity contribution in [1.82, 2.24) is 5.32 Å². The predicted molar refractivity (Wildman–Crippen MR) is 63.8 cm³/mol. The highest BCUT2D eigenvalue weighted by Crippen LogP contribution is 2.26. The number of carbonyl (C=O) groups excluding carboxylic acids is 1. The summed E-state index contributed by atoms with van der Waals surface area (Å²) in [5, 5.41) is 3.04. The van der Waals surface area contributed by atoms with E-state index in [4.69, 9.17) is 4.74 Å². The lowest BCUT2D eigenvalue weighted by Crippen LogP contribution is -2.15. The average molecular weight is 217 g/mol. The second-order valence-electron chi connectivity index (χ2n) is 3.74. The standard InChI is InChI=1S/C13H15NO2/c1-14-7-2-3-10-4-5-11-12(15)6-8-16-13(11)9-10/h2-5,9,14H,6-8H2,1H3. The third-order valence-electron chi connectivity index (χ3n) is 2.53. The van der Waals surface area contributed by atoms with Crippen molar-refractivity contribution in [2.45, 2.75) is 6.42 Å². The first-order chi connectivity index (χ1) is 7.81. The molecule has 1 aliphatic heterocycles. The molecule has 1 N–H and O–H groups in total. The van der Waals surface area contributed by atoms with E-state index >= 15 is 0 Å². The van der Waals surface area contributed by atoms with Crippen LogP contribution in [-0.4, -0.2) is 26.0 Å². The van der Waals surface area contributed by atoms with E-state index in [1.807, 2.05) is 37.4 Å². The minimum absolute atomic E-state index is 0.173. The van der Waals surface area contributed by atoms with Gasteiger partial charge in [-0.25, -0.2) is 0 Å². The fourth-order valence-electron chi connectivity index (χ4n) is 1.69. The Morgan fingerprint density at radius 1 is 1.50 bits per heavy atom. The van der Waals surface area contributed by atoms with Crippen LogP contribution in [-0.2, 0) is 0 Å². The molecule has 3 heteroatoms. The van der Waals surface area contributed by atoms with Gasteiger partial charge in [0.1, 0.15) is 5.75 Å². The van der Waals surface area contributed by atoms with Gasteiger partial charge in [0.25, 0.3) is 0 Å². The molecule has 0 radical (unpaired) electrons. The zero-order valence-corrected chi connectivity index (χ0v) is 9.32. The summed E-state index contributed by atoms with van der Waals surface area (Å²) in [4.78, 5) is 11.5. The van der Waals surface area contributed by atoms with E-state index in [1.165, 1.54) is 0 Å². The van der Waals surface area contributed by atoms with Crippen LogP contribution in [0.4, 0.5) is 0 Å². The zero-order chi connectivity index (χ0) is 11.4. The average Bonchev–Trinajstić information content (AvgIpc) is 2.30. The maximum atomic E-state index is 11.5. The molecule has 2 rings (SSSR count). The molecular formula is C13H15NO2. The van der Waals surface area contributed by atoms with Gasteiger partial charge in [0.05, 0.1) is 12.2 Å². The molecule has 1 aromatic carbocycles. The van der Waals surface area contributed by atoms with Crippen LogP contribution in [0, 0.1) is 0 Å². The molecule has 1 aliphatic rings. The first-order valence-electron chi connectivity index (χ1n) is 5.42. The van der Waals surface area contributed by atoms with Crippen molar-refractivity contribution >= 4 is 11.9 Å². The van der Waals surface area contributed by atoms with Gasteiger partial charge in [0.2, 0.25) is 0 Å². The smallest absolute Gasteiger partial charge is 0.169 e. The number of Topliss-reactive ketones (excluding diaryl/α,β-unsaturated/α-hetero) is 1. The molecule has 0 saturated heterocycles. The molecule has 0 aromatic heterocycles. The summed E-state index contributed by atoms with van der Waals surface area (Å²) >= 11 is 0. The molecule has 0 unspecified atom stereocenters. The summed E-state index contributed by atoms with van der Waals surface area (Å²) in [6, 6.07) is 5.70. The minimum Gasteiger partial charge on any atom is -0.492 e. The third kappa shape index (κ3) is 2.31. The molecule has 0 bridgehead atoms. The van der Waals surface area contributed by atoms with Crippen molar-refractivity contribution in [3.8, 4) is 5.75 Å². The van der Waals surface area contributed by atoms with Gasteiger partial charge in [-0.15, -0.1) is 0 Å². The van der Waals surface area contributed by atoms with Crippen LogP contribution in [0.5, 0.6) is 5.75 Å². The Bertz CT molecular complexity index is 424. The normalized spacial score (nSPS) is 14.9. The number of hydrogen-bond acceptors (Lipinski definition) is 3. The molecular weight excluding hydrogens is 202 g/mol. The van der Waals surface area contributed by atoms with E-state index in [0.29, 0.717) is 24.3 Å². The quantitative estimate of drug-likeness (QED) is 0.840. The van der Waals surface area contributed by atoms with Crippen LogP contribution in [0.2, 0.25) is 0 Å². The molecule has 3 nitrogen and oxygen atoms in total. The Labute approximate surface area is 95.1 Å². The Morgan fingerprint density at radius 2 is 2.38 bits per heavy atom. The molecule has 0 atom stereocenters. The van der Waals surface area contributed by atoms with E-state index < -0.39 is 0 Å². The summed E-state index contributed by atoms with van der Waals surface area (Å²) in [5.41, 5.74) is 1.76. The highest BCUT2D eigenvalue weighted by Gasteiger charge is 2.17. The first kappa shape index (κ1) is 10.9. The van der Waals surface area contributed by atoms with Crippen LogP contribution >= 0.6 is 0 Å². The van der Waals surface area contributed by atoms with E-state index in [2.05, 4.69) is 5.32 Å². The number of ether oxygens (including phenoxy) is 1. The second kappa shape index (κ2) is 4.94. The van der Waals surface area contributed by atoms with Gasteiger partial charge in [-0.3, -0.25) is 4.79 Å². The Morgan fingerprint density at radius 3 is 3.19 bits per heavy atom. The predicted octanol–water partition coefficient (Wildman–Crippen LogP) is 1.88. The van der Waals surface area contributed by atoms with Crippen molar-refractivity contribution in [2.75, 3.05) is 20.2 Å². The maximum Gasteiger partial charge on any atom is 0.169 e. The molecule has 1 aromatic rings. The lowest BCUT2D eigenvalue weighted by molar-refractivity contribution is 0.0933. The van der Waals surface area contributed by atoms with E-state index in [1.54, 1.807) is 0 Å². The van der Waals surface area contributed by atoms with Crippen molar-refractivity contribution in [1.29, 1.82) is 0 Å². The van der Waals surface area contributed by atoms with Gasteiger partial charge in [0, 0.05) is 13.0 Å². The summed E-state index contributed by atoms with van der Waals surface area (Å²) in [6.07, 6.45) is 4.54. The number of hydrogen-bond donors (Lipinski definition) is 1. The third-order valence-corrected chi connectivity index (χ3v) is 2.53. The molecule has 84 valence electrons.